The Balaban J connectivity index is 3.28. The number of aliphatic hydroxyl groups excluding tert-OH is 1. The molecule has 0 amide bonds. The van der Waals surface area contributed by atoms with E-state index in [1.807, 2.05) is 25.1 Å². The molecular formula is C11H14O. The molecule has 0 aliphatic carbocycles. The molecule has 1 aromatic carbocycles. The minimum atomic E-state index is 0.0992. The second kappa shape index (κ2) is 3.55. The Labute approximate surface area is 73.4 Å². The van der Waals surface area contributed by atoms with Crippen LogP contribution >= 0.6 is 0 Å². The number of benzene rings is 1. The van der Waals surface area contributed by atoms with Gasteiger partial charge in [-0.1, -0.05) is 18.7 Å². The van der Waals surface area contributed by atoms with Gasteiger partial charge in [-0.2, -0.15) is 0 Å². The molecule has 12 heavy (non-hydrogen) atoms. The highest BCUT2D eigenvalue weighted by atomic mass is 16.3. The van der Waals surface area contributed by atoms with Crippen molar-refractivity contribution < 1.29 is 5.11 Å². The maximum atomic E-state index is 8.94. The van der Waals surface area contributed by atoms with E-state index >= 15 is 0 Å². The highest BCUT2D eigenvalue weighted by molar-refractivity contribution is 5.55. The molecule has 0 aliphatic rings. The Morgan fingerprint density at radius 2 is 2.08 bits per heavy atom. The topological polar surface area (TPSA) is 20.2 Å². The number of aliphatic hydroxyl groups is 1. The lowest BCUT2D eigenvalue weighted by Gasteiger charge is -2.07. The summed E-state index contributed by atoms with van der Waals surface area (Å²) in [5.41, 5.74) is 4.51. The van der Waals surface area contributed by atoms with E-state index in [1.54, 1.807) is 0 Å². The van der Waals surface area contributed by atoms with Crippen molar-refractivity contribution in [3.05, 3.63) is 41.0 Å². The molecule has 1 aromatic rings. The first-order chi connectivity index (χ1) is 5.69. The van der Waals surface area contributed by atoms with Gasteiger partial charge in [0, 0.05) is 0 Å². The third-order valence-corrected chi connectivity index (χ3v) is 2.17. The van der Waals surface area contributed by atoms with Gasteiger partial charge >= 0.3 is 0 Å². The average molecular weight is 162 g/mol. The minimum Gasteiger partial charge on any atom is -0.392 e. The van der Waals surface area contributed by atoms with Gasteiger partial charge in [-0.3, -0.25) is 0 Å². The molecule has 1 rings (SSSR count). The van der Waals surface area contributed by atoms with Crippen molar-refractivity contribution in [2.24, 2.45) is 0 Å². The van der Waals surface area contributed by atoms with Crippen LogP contribution in [0.4, 0.5) is 0 Å². The lowest BCUT2D eigenvalue weighted by Crippen LogP contribution is -1.91. The number of rotatable bonds is 2. The molecule has 64 valence electrons. The van der Waals surface area contributed by atoms with Crippen LogP contribution in [-0.4, -0.2) is 5.11 Å². The second-order valence-corrected chi connectivity index (χ2v) is 2.99. The van der Waals surface area contributed by atoms with Crippen LogP contribution < -0.4 is 0 Å². The van der Waals surface area contributed by atoms with E-state index in [0.717, 1.165) is 11.1 Å². The summed E-state index contributed by atoms with van der Waals surface area (Å²) in [4.78, 5) is 0. The van der Waals surface area contributed by atoms with Gasteiger partial charge in [-0.05, 0) is 42.2 Å². The Morgan fingerprint density at radius 1 is 1.42 bits per heavy atom. The van der Waals surface area contributed by atoms with Crippen molar-refractivity contribution in [1.29, 1.82) is 0 Å². The fourth-order valence-corrected chi connectivity index (χ4v) is 1.27. The molecule has 0 aliphatic heterocycles. The van der Waals surface area contributed by atoms with Crippen molar-refractivity contribution in [2.45, 2.75) is 20.5 Å². The van der Waals surface area contributed by atoms with Crippen LogP contribution in [0.1, 0.15) is 22.3 Å². The Kier molecular flexibility index (Phi) is 2.66. The molecule has 0 heterocycles. The summed E-state index contributed by atoms with van der Waals surface area (Å²) in [6, 6.07) is 3.97. The molecule has 0 bridgehead atoms. The highest BCUT2D eigenvalue weighted by Gasteiger charge is 2.00. The third-order valence-electron chi connectivity index (χ3n) is 2.17. The predicted octanol–water partition coefficient (Wildman–Crippen LogP) is 2.44. The number of aryl methyl sites for hydroxylation is 1. The van der Waals surface area contributed by atoms with Crippen molar-refractivity contribution in [3.63, 3.8) is 0 Å². The van der Waals surface area contributed by atoms with Gasteiger partial charge in [-0.25, -0.2) is 0 Å². The van der Waals surface area contributed by atoms with Gasteiger partial charge < -0.3 is 5.11 Å². The van der Waals surface area contributed by atoms with E-state index in [4.69, 9.17) is 5.11 Å². The molecule has 0 saturated heterocycles. The molecule has 0 atom stereocenters. The fraction of sp³-hybridized carbons (Fsp3) is 0.273. The van der Waals surface area contributed by atoms with E-state index in [2.05, 4.69) is 13.5 Å². The van der Waals surface area contributed by atoms with Gasteiger partial charge in [0.15, 0.2) is 0 Å². The van der Waals surface area contributed by atoms with Gasteiger partial charge in [0.05, 0.1) is 6.61 Å². The summed E-state index contributed by atoms with van der Waals surface area (Å²) in [6.45, 7) is 7.93. The van der Waals surface area contributed by atoms with Crippen molar-refractivity contribution in [2.75, 3.05) is 0 Å². The summed E-state index contributed by atoms with van der Waals surface area (Å²) in [6.07, 6.45) is 1.82. The van der Waals surface area contributed by atoms with Crippen molar-refractivity contribution >= 4 is 6.08 Å². The average Bonchev–Trinajstić information content (AvgIpc) is 2.09. The maximum Gasteiger partial charge on any atom is 0.0682 e. The minimum absolute atomic E-state index is 0.0992. The van der Waals surface area contributed by atoms with E-state index < -0.39 is 0 Å². The zero-order valence-electron chi connectivity index (χ0n) is 7.59. The second-order valence-electron chi connectivity index (χ2n) is 2.99. The van der Waals surface area contributed by atoms with Crippen LogP contribution in [-0.2, 0) is 6.61 Å². The first kappa shape index (κ1) is 9.01. The Morgan fingerprint density at radius 3 is 2.58 bits per heavy atom. The summed E-state index contributed by atoms with van der Waals surface area (Å²) < 4.78 is 0. The molecule has 1 N–H and O–H groups in total. The van der Waals surface area contributed by atoms with Gasteiger partial charge in [0.25, 0.3) is 0 Å². The van der Waals surface area contributed by atoms with E-state index in [9.17, 15) is 0 Å². The maximum absolute atomic E-state index is 8.94. The van der Waals surface area contributed by atoms with E-state index in [-0.39, 0.29) is 6.61 Å². The van der Waals surface area contributed by atoms with Crippen LogP contribution in [0.5, 0.6) is 0 Å². The fourth-order valence-electron chi connectivity index (χ4n) is 1.27. The Bertz CT molecular complexity index is 300. The zero-order chi connectivity index (χ0) is 9.14. The molecule has 0 radical (unpaired) electrons. The van der Waals surface area contributed by atoms with Crippen LogP contribution in [0.3, 0.4) is 0 Å². The van der Waals surface area contributed by atoms with Crippen LogP contribution in [0, 0.1) is 13.8 Å². The molecule has 0 aromatic heterocycles. The normalized spacial score (nSPS) is 9.92. The van der Waals surface area contributed by atoms with Crippen LogP contribution in [0.2, 0.25) is 0 Å². The molecular weight excluding hydrogens is 148 g/mol. The quantitative estimate of drug-likeness (QED) is 0.708. The smallest absolute Gasteiger partial charge is 0.0682 e. The van der Waals surface area contributed by atoms with Gasteiger partial charge in [0.1, 0.15) is 0 Å². The standard InChI is InChI=1S/C11H14O/c1-4-11-6-10(7-12)5-8(2)9(11)3/h4-6,12H,1,7H2,2-3H3. The molecule has 1 nitrogen and oxygen atoms in total. The van der Waals surface area contributed by atoms with Gasteiger partial charge in [0.2, 0.25) is 0 Å². The summed E-state index contributed by atoms with van der Waals surface area (Å²) in [7, 11) is 0. The summed E-state index contributed by atoms with van der Waals surface area (Å²) in [5, 5.41) is 8.94. The molecule has 0 unspecified atom stereocenters. The molecule has 0 fully saturated rings. The molecule has 1 heteroatoms. The first-order valence-corrected chi connectivity index (χ1v) is 4.02. The third kappa shape index (κ3) is 1.56. The lowest BCUT2D eigenvalue weighted by atomic mass is 10.00. The zero-order valence-corrected chi connectivity index (χ0v) is 7.59. The first-order valence-electron chi connectivity index (χ1n) is 4.02. The monoisotopic (exact) mass is 162 g/mol. The number of hydrogen-bond donors (Lipinski definition) is 1. The SMILES string of the molecule is C=Cc1cc(CO)cc(C)c1C. The lowest BCUT2D eigenvalue weighted by molar-refractivity contribution is 0.281. The van der Waals surface area contributed by atoms with Crippen LogP contribution in [0.15, 0.2) is 18.7 Å². The van der Waals surface area contributed by atoms with E-state index in [1.165, 1.54) is 11.1 Å². The largest absolute Gasteiger partial charge is 0.392 e. The molecule has 0 saturated carbocycles. The van der Waals surface area contributed by atoms with Crippen molar-refractivity contribution in [3.8, 4) is 0 Å². The summed E-state index contributed by atoms with van der Waals surface area (Å²) in [5.74, 6) is 0. The van der Waals surface area contributed by atoms with Crippen molar-refractivity contribution in [1.82, 2.24) is 0 Å². The predicted molar refractivity (Wildman–Crippen MR) is 51.9 cm³/mol. The Hall–Kier alpha value is -1.08. The van der Waals surface area contributed by atoms with Crippen LogP contribution in [0.25, 0.3) is 6.08 Å². The highest BCUT2D eigenvalue weighted by Crippen LogP contribution is 2.17. The number of hydrogen-bond acceptors (Lipinski definition) is 1. The van der Waals surface area contributed by atoms with E-state index in [0.29, 0.717) is 0 Å². The summed E-state index contributed by atoms with van der Waals surface area (Å²) >= 11 is 0. The van der Waals surface area contributed by atoms with Gasteiger partial charge in [-0.15, -0.1) is 0 Å². The molecule has 0 spiro atoms.